The first kappa shape index (κ1) is 12.2. The van der Waals surface area contributed by atoms with E-state index in [0.29, 0.717) is 11.1 Å². The Morgan fingerprint density at radius 1 is 1.31 bits per heavy atom. The summed E-state index contributed by atoms with van der Waals surface area (Å²) in [7, 11) is 0. The van der Waals surface area contributed by atoms with Crippen molar-refractivity contribution in [1.82, 2.24) is 5.32 Å². The molecule has 1 atom stereocenters. The zero-order chi connectivity index (χ0) is 11.5. The monoisotopic (exact) mass is 261 g/mol. The summed E-state index contributed by atoms with van der Waals surface area (Å²) in [5, 5.41) is 4.02. The Morgan fingerprint density at radius 2 is 2.12 bits per heavy atom. The molecule has 88 valence electrons. The van der Waals surface area contributed by atoms with Gasteiger partial charge in [-0.15, -0.1) is 0 Å². The summed E-state index contributed by atoms with van der Waals surface area (Å²) in [5.74, 6) is -0.431. The maximum absolute atomic E-state index is 13.4. The molecule has 1 aromatic rings. The highest BCUT2D eigenvalue weighted by atomic mass is 35.5. The molecule has 1 nitrogen and oxygen atoms in total. The Bertz CT molecular complexity index is 376. The van der Waals surface area contributed by atoms with Gasteiger partial charge in [-0.25, -0.2) is 4.39 Å². The van der Waals surface area contributed by atoms with Gasteiger partial charge in [0, 0.05) is 11.1 Å². The van der Waals surface area contributed by atoms with Crippen LogP contribution in [-0.4, -0.2) is 12.6 Å². The second kappa shape index (κ2) is 5.35. The van der Waals surface area contributed by atoms with Crippen LogP contribution in [0.15, 0.2) is 12.1 Å². The van der Waals surface area contributed by atoms with E-state index in [0.717, 1.165) is 24.9 Å². The van der Waals surface area contributed by atoms with E-state index in [1.54, 1.807) is 6.07 Å². The predicted octanol–water partition coefficient (Wildman–Crippen LogP) is 3.82. The van der Waals surface area contributed by atoms with E-state index >= 15 is 0 Å². The van der Waals surface area contributed by atoms with Gasteiger partial charge in [-0.05, 0) is 43.5 Å². The quantitative estimate of drug-likeness (QED) is 0.799. The molecule has 1 N–H and O–H groups in total. The summed E-state index contributed by atoms with van der Waals surface area (Å²) in [5.41, 5.74) is 0.797. The van der Waals surface area contributed by atoms with Crippen LogP contribution in [0, 0.1) is 5.82 Å². The van der Waals surface area contributed by atoms with Crippen LogP contribution >= 0.6 is 23.2 Å². The minimum atomic E-state index is -0.431. The summed E-state index contributed by atoms with van der Waals surface area (Å²) in [4.78, 5) is 0. The Hall–Kier alpha value is -0.310. The molecule has 0 radical (unpaired) electrons. The fraction of sp³-hybridized carbons (Fsp3) is 0.500. The van der Waals surface area contributed by atoms with Crippen molar-refractivity contribution in [3.05, 3.63) is 33.6 Å². The van der Waals surface area contributed by atoms with Crippen LogP contribution in [0.3, 0.4) is 0 Å². The van der Waals surface area contributed by atoms with Gasteiger partial charge >= 0.3 is 0 Å². The molecule has 0 saturated carbocycles. The van der Waals surface area contributed by atoms with Gasteiger partial charge in [-0.2, -0.15) is 0 Å². The normalized spacial score (nSPS) is 21.1. The summed E-state index contributed by atoms with van der Waals surface area (Å²) in [6.07, 6.45) is 4.30. The fourth-order valence-corrected chi connectivity index (χ4v) is 2.54. The van der Waals surface area contributed by atoms with Crippen LogP contribution in [0.1, 0.15) is 24.8 Å². The van der Waals surface area contributed by atoms with Crippen LogP contribution in [0.4, 0.5) is 4.39 Å². The lowest BCUT2D eigenvalue weighted by molar-refractivity contribution is 0.399. The molecule has 1 fully saturated rings. The molecule has 0 aliphatic carbocycles. The number of nitrogens with one attached hydrogen (secondary N) is 1. The third kappa shape index (κ3) is 2.88. The number of benzene rings is 1. The Balaban J connectivity index is 2.13. The smallest absolute Gasteiger partial charge is 0.143 e. The van der Waals surface area contributed by atoms with Crippen molar-refractivity contribution in [3.63, 3.8) is 0 Å². The number of piperidine rings is 1. The molecule has 0 amide bonds. The topological polar surface area (TPSA) is 12.0 Å². The van der Waals surface area contributed by atoms with Crippen molar-refractivity contribution in [1.29, 1.82) is 0 Å². The van der Waals surface area contributed by atoms with Gasteiger partial charge in [-0.3, -0.25) is 0 Å². The van der Waals surface area contributed by atoms with Gasteiger partial charge in [-0.1, -0.05) is 29.6 Å². The van der Waals surface area contributed by atoms with Gasteiger partial charge in [0.05, 0.1) is 5.02 Å². The van der Waals surface area contributed by atoms with Crippen LogP contribution in [-0.2, 0) is 6.42 Å². The zero-order valence-corrected chi connectivity index (χ0v) is 10.4. The number of halogens is 3. The maximum atomic E-state index is 13.4. The van der Waals surface area contributed by atoms with Crippen LogP contribution < -0.4 is 5.32 Å². The van der Waals surface area contributed by atoms with Gasteiger partial charge in [0.2, 0.25) is 0 Å². The first-order chi connectivity index (χ1) is 7.66. The second-order valence-corrected chi connectivity index (χ2v) is 5.03. The van der Waals surface area contributed by atoms with E-state index < -0.39 is 5.82 Å². The lowest BCUT2D eigenvalue weighted by Crippen LogP contribution is -2.35. The third-order valence-corrected chi connectivity index (χ3v) is 3.59. The first-order valence-electron chi connectivity index (χ1n) is 5.53. The lowest BCUT2D eigenvalue weighted by Gasteiger charge is -2.23. The highest BCUT2D eigenvalue weighted by Crippen LogP contribution is 2.26. The third-order valence-electron chi connectivity index (χ3n) is 2.95. The maximum Gasteiger partial charge on any atom is 0.143 e. The SMILES string of the molecule is Fc1cc(Cl)cc(CC2CCCCN2)c1Cl. The van der Waals surface area contributed by atoms with Crippen molar-refractivity contribution in [2.75, 3.05) is 6.54 Å². The van der Waals surface area contributed by atoms with E-state index in [1.165, 1.54) is 18.9 Å². The molecule has 4 heteroatoms. The first-order valence-corrected chi connectivity index (χ1v) is 6.29. The molecule has 1 aromatic carbocycles. The average Bonchev–Trinajstić information content (AvgIpc) is 2.27. The number of hydrogen-bond acceptors (Lipinski definition) is 1. The van der Waals surface area contributed by atoms with Gasteiger partial charge in [0.25, 0.3) is 0 Å². The van der Waals surface area contributed by atoms with Gasteiger partial charge in [0.1, 0.15) is 5.82 Å². The minimum Gasteiger partial charge on any atom is -0.314 e. The minimum absolute atomic E-state index is 0.205. The number of rotatable bonds is 2. The van der Waals surface area contributed by atoms with Crippen LogP contribution in [0.2, 0.25) is 10.0 Å². The molecule has 2 rings (SSSR count). The van der Waals surface area contributed by atoms with Crippen molar-refractivity contribution in [2.45, 2.75) is 31.7 Å². The summed E-state index contributed by atoms with van der Waals surface area (Å²) in [6, 6.07) is 3.40. The molecule has 0 bridgehead atoms. The summed E-state index contributed by atoms with van der Waals surface area (Å²) in [6.45, 7) is 1.03. The largest absolute Gasteiger partial charge is 0.314 e. The molecule has 1 aliphatic heterocycles. The zero-order valence-electron chi connectivity index (χ0n) is 8.90. The average molecular weight is 262 g/mol. The number of hydrogen-bond donors (Lipinski definition) is 1. The van der Waals surface area contributed by atoms with Crippen molar-refractivity contribution in [2.24, 2.45) is 0 Å². The second-order valence-electron chi connectivity index (χ2n) is 4.21. The van der Waals surface area contributed by atoms with E-state index in [-0.39, 0.29) is 5.02 Å². The highest BCUT2D eigenvalue weighted by molar-refractivity contribution is 6.33. The molecular formula is C12H14Cl2FN. The molecule has 1 unspecified atom stereocenters. The summed E-state index contributed by atoms with van der Waals surface area (Å²) >= 11 is 11.7. The molecule has 1 aliphatic rings. The molecular weight excluding hydrogens is 248 g/mol. The van der Waals surface area contributed by atoms with Crippen LogP contribution in [0.5, 0.6) is 0 Å². The molecule has 0 spiro atoms. The van der Waals surface area contributed by atoms with E-state index in [4.69, 9.17) is 23.2 Å². The molecule has 1 heterocycles. The van der Waals surface area contributed by atoms with Gasteiger partial charge in [0.15, 0.2) is 0 Å². The van der Waals surface area contributed by atoms with Crippen molar-refractivity contribution < 1.29 is 4.39 Å². The van der Waals surface area contributed by atoms with E-state index in [9.17, 15) is 4.39 Å². The van der Waals surface area contributed by atoms with E-state index in [2.05, 4.69) is 5.32 Å². The molecule has 1 saturated heterocycles. The molecule has 0 aromatic heterocycles. The Morgan fingerprint density at radius 3 is 2.81 bits per heavy atom. The van der Waals surface area contributed by atoms with E-state index in [1.807, 2.05) is 0 Å². The summed E-state index contributed by atoms with van der Waals surface area (Å²) < 4.78 is 13.4. The highest BCUT2D eigenvalue weighted by Gasteiger charge is 2.16. The van der Waals surface area contributed by atoms with Crippen molar-refractivity contribution in [3.8, 4) is 0 Å². The van der Waals surface area contributed by atoms with Crippen molar-refractivity contribution >= 4 is 23.2 Å². The lowest BCUT2D eigenvalue weighted by atomic mass is 9.98. The fourth-order valence-electron chi connectivity index (χ4n) is 2.12. The van der Waals surface area contributed by atoms with Gasteiger partial charge < -0.3 is 5.32 Å². The Labute approximate surface area is 105 Å². The predicted molar refractivity (Wildman–Crippen MR) is 65.8 cm³/mol. The standard InChI is InChI=1S/C12H14Cl2FN/c13-9-5-8(12(14)11(15)7-9)6-10-3-1-2-4-16-10/h5,7,10,16H,1-4,6H2. The molecule has 16 heavy (non-hydrogen) atoms. The van der Waals surface area contributed by atoms with Crippen LogP contribution in [0.25, 0.3) is 0 Å². The Kier molecular flexibility index (Phi) is 4.06.